The molecule has 2 amide bonds. The maximum absolute atomic E-state index is 13.7. The number of hydrogen-bond acceptors (Lipinski definition) is 8. The Labute approximate surface area is 249 Å². The lowest BCUT2D eigenvalue weighted by atomic mass is 10.0. The molecule has 9 nitrogen and oxygen atoms in total. The number of thiophene rings is 1. The number of hydrogen-bond donors (Lipinski definition) is 1. The molecular weight excluding hydrogens is 576 g/mol. The zero-order chi connectivity index (χ0) is 28.9. The van der Waals surface area contributed by atoms with E-state index in [0.717, 1.165) is 21.7 Å². The fraction of sp³-hybridized carbons (Fsp3) is 0.167. The average Bonchev–Trinajstić information content (AvgIpc) is 3.83. The molecule has 0 bridgehead atoms. The number of thioether (sulfide) groups is 1. The van der Waals surface area contributed by atoms with Crippen molar-refractivity contribution in [1.29, 1.82) is 0 Å². The molecule has 2 aromatic carbocycles. The molecule has 12 heteroatoms. The molecule has 0 fully saturated rings. The third-order valence-corrected chi connectivity index (χ3v) is 8.55. The maximum atomic E-state index is 13.7. The molecule has 5 aromatic rings. The number of carbonyl (C=O) groups excluding carboxylic acids is 2. The first kappa shape index (κ1) is 27.6. The maximum Gasteiger partial charge on any atom is 0.287 e. The van der Waals surface area contributed by atoms with Crippen molar-refractivity contribution in [3.05, 3.63) is 124 Å². The van der Waals surface area contributed by atoms with E-state index in [-0.39, 0.29) is 41.7 Å². The van der Waals surface area contributed by atoms with Gasteiger partial charge in [0.2, 0.25) is 0 Å². The van der Waals surface area contributed by atoms with Crippen molar-refractivity contribution in [1.82, 2.24) is 25.1 Å². The van der Waals surface area contributed by atoms with E-state index >= 15 is 0 Å². The quantitative estimate of drug-likeness (QED) is 0.212. The van der Waals surface area contributed by atoms with E-state index in [1.54, 1.807) is 35.6 Å². The summed E-state index contributed by atoms with van der Waals surface area (Å²) < 4.78 is 20.7. The lowest BCUT2D eigenvalue weighted by Gasteiger charge is -2.22. The third kappa shape index (κ3) is 6.19. The number of furan rings is 1. The molecular formula is C30H25FN6O3S2. The van der Waals surface area contributed by atoms with Crippen molar-refractivity contribution < 1.29 is 18.4 Å². The number of halogens is 1. The van der Waals surface area contributed by atoms with Gasteiger partial charge in [-0.15, -0.1) is 21.5 Å². The predicted molar refractivity (Wildman–Crippen MR) is 158 cm³/mol. The fourth-order valence-electron chi connectivity index (χ4n) is 4.60. The Hall–Kier alpha value is -4.55. The van der Waals surface area contributed by atoms with Crippen molar-refractivity contribution in [2.75, 3.05) is 5.75 Å². The van der Waals surface area contributed by atoms with Crippen LogP contribution in [0, 0.1) is 5.82 Å². The van der Waals surface area contributed by atoms with Crippen LogP contribution in [-0.4, -0.2) is 43.1 Å². The van der Waals surface area contributed by atoms with E-state index in [2.05, 4.69) is 15.5 Å². The molecule has 212 valence electrons. The lowest BCUT2D eigenvalue weighted by molar-refractivity contribution is -0.130. The van der Waals surface area contributed by atoms with Gasteiger partial charge >= 0.3 is 0 Å². The number of nitrogens with zero attached hydrogens (tertiary/aromatic N) is 5. The first-order valence-corrected chi connectivity index (χ1v) is 15.0. The van der Waals surface area contributed by atoms with Crippen molar-refractivity contribution in [2.45, 2.75) is 30.7 Å². The minimum absolute atomic E-state index is 0.0601. The number of amides is 2. The Balaban J connectivity index is 1.21. The summed E-state index contributed by atoms with van der Waals surface area (Å²) in [5.74, 6) is -0.102. The summed E-state index contributed by atoms with van der Waals surface area (Å²) in [6.45, 7) is 0.583. The van der Waals surface area contributed by atoms with Gasteiger partial charge in [-0.25, -0.2) is 9.40 Å². The molecule has 42 heavy (non-hydrogen) atoms. The topological polar surface area (TPSA) is 106 Å². The molecule has 4 heterocycles. The van der Waals surface area contributed by atoms with E-state index in [1.165, 1.54) is 35.2 Å². The predicted octanol–water partition coefficient (Wildman–Crippen LogP) is 5.52. The highest BCUT2D eigenvalue weighted by Crippen LogP contribution is 2.34. The van der Waals surface area contributed by atoms with Crippen LogP contribution in [-0.2, 0) is 17.9 Å². The highest BCUT2D eigenvalue weighted by Gasteiger charge is 2.33. The summed E-state index contributed by atoms with van der Waals surface area (Å²) in [7, 11) is 0. The molecule has 0 radical (unpaired) electrons. The van der Waals surface area contributed by atoms with E-state index < -0.39 is 0 Å². The second-order valence-electron chi connectivity index (χ2n) is 9.45. The van der Waals surface area contributed by atoms with Crippen molar-refractivity contribution in [3.63, 3.8) is 0 Å². The van der Waals surface area contributed by atoms with Gasteiger partial charge in [-0.2, -0.15) is 5.10 Å². The Morgan fingerprint density at radius 2 is 1.86 bits per heavy atom. The van der Waals surface area contributed by atoms with E-state index in [9.17, 15) is 14.0 Å². The zero-order valence-electron chi connectivity index (χ0n) is 22.2. The molecule has 0 saturated carbocycles. The smallest absolute Gasteiger partial charge is 0.287 e. The Kier molecular flexibility index (Phi) is 8.24. The van der Waals surface area contributed by atoms with Crippen molar-refractivity contribution in [3.8, 4) is 0 Å². The number of aromatic nitrogens is 3. The van der Waals surface area contributed by atoms with Crippen LogP contribution in [0.5, 0.6) is 0 Å². The molecule has 0 aliphatic carbocycles. The van der Waals surface area contributed by atoms with E-state index in [0.29, 0.717) is 23.9 Å². The van der Waals surface area contributed by atoms with Gasteiger partial charge in [0.1, 0.15) is 5.82 Å². The summed E-state index contributed by atoms with van der Waals surface area (Å²) in [6.07, 6.45) is 1.97. The lowest BCUT2D eigenvalue weighted by Crippen LogP contribution is -2.28. The van der Waals surface area contributed by atoms with Gasteiger partial charge in [0, 0.05) is 6.42 Å². The number of carbonyl (C=O) groups is 2. The van der Waals surface area contributed by atoms with Crippen molar-refractivity contribution in [2.24, 2.45) is 5.10 Å². The van der Waals surface area contributed by atoms with Crippen LogP contribution in [0.3, 0.4) is 0 Å². The minimum Gasteiger partial charge on any atom is -0.459 e. The highest BCUT2D eigenvalue weighted by atomic mass is 32.2. The number of hydrazone groups is 1. The van der Waals surface area contributed by atoms with Gasteiger partial charge in [-0.05, 0) is 46.8 Å². The Bertz CT molecular complexity index is 1690. The minimum atomic E-state index is -0.362. The Morgan fingerprint density at radius 1 is 1.02 bits per heavy atom. The second-order valence-corrected chi connectivity index (χ2v) is 11.3. The summed E-state index contributed by atoms with van der Waals surface area (Å²) in [6, 6.07) is 22.8. The summed E-state index contributed by atoms with van der Waals surface area (Å²) in [4.78, 5) is 27.0. The number of benzene rings is 2. The second kappa shape index (κ2) is 12.5. The third-order valence-electron chi connectivity index (χ3n) is 6.68. The monoisotopic (exact) mass is 600 g/mol. The first-order chi connectivity index (χ1) is 20.5. The molecule has 1 unspecified atom stereocenters. The number of nitrogens with one attached hydrogen (secondary N) is 1. The first-order valence-electron chi connectivity index (χ1n) is 13.1. The fourth-order valence-corrected chi connectivity index (χ4v) is 6.13. The van der Waals surface area contributed by atoms with Crippen LogP contribution < -0.4 is 5.32 Å². The van der Waals surface area contributed by atoms with E-state index in [1.807, 2.05) is 52.4 Å². The standard InChI is InChI=1S/C30H25FN6O3S2/c31-22-12-10-21(11-13-22)24-16-23(26-9-5-15-41-26)35-37(24)28(38)19-42-30-34-33-27(17-32-29(39)25-8-4-14-40-25)36(30)18-20-6-2-1-3-7-20/h1-15,24H,16-19H2,(H,32,39). The van der Waals surface area contributed by atoms with Crippen LogP contribution in [0.2, 0.25) is 0 Å². The average molecular weight is 601 g/mol. The van der Waals surface area contributed by atoms with E-state index in [4.69, 9.17) is 9.52 Å². The molecule has 1 N–H and O–H groups in total. The molecule has 0 spiro atoms. The van der Waals surface area contributed by atoms with Gasteiger partial charge in [0.15, 0.2) is 16.7 Å². The summed E-state index contributed by atoms with van der Waals surface area (Å²) in [5.41, 5.74) is 2.65. The number of rotatable bonds is 10. The van der Waals surface area contributed by atoms with Gasteiger partial charge in [0.05, 0.1) is 41.7 Å². The van der Waals surface area contributed by atoms with Crippen molar-refractivity contribution >= 4 is 40.6 Å². The van der Waals surface area contributed by atoms with Crippen LogP contribution in [0.25, 0.3) is 0 Å². The highest BCUT2D eigenvalue weighted by molar-refractivity contribution is 7.99. The molecule has 6 rings (SSSR count). The zero-order valence-corrected chi connectivity index (χ0v) is 23.9. The normalized spacial score (nSPS) is 14.6. The molecule has 1 atom stereocenters. The van der Waals surface area contributed by atoms with Gasteiger partial charge in [0.25, 0.3) is 11.8 Å². The summed E-state index contributed by atoms with van der Waals surface area (Å²) >= 11 is 2.82. The molecule has 0 saturated heterocycles. The molecule has 1 aliphatic rings. The summed E-state index contributed by atoms with van der Waals surface area (Å²) in [5, 5.41) is 20.2. The van der Waals surface area contributed by atoms with Crippen LogP contribution >= 0.6 is 23.1 Å². The SMILES string of the molecule is O=C(NCc1nnc(SCC(=O)N2N=C(c3cccs3)CC2c2ccc(F)cc2)n1Cc1ccccc1)c1ccco1. The Morgan fingerprint density at radius 3 is 2.60 bits per heavy atom. The van der Waals surface area contributed by atoms with Crippen LogP contribution in [0.4, 0.5) is 4.39 Å². The van der Waals surface area contributed by atoms with Gasteiger partial charge in [-0.3, -0.25) is 9.59 Å². The van der Waals surface area contributed by atoms with Gasteiger partial charge in [-0.1, -0.05) is 60.3 Å². The molecule has 3 aromatic heterocycles. The molecule has 1 aliphatic heterocycles. The van der Waals surface area contributed by atoms with Gasteiger partial charge < -0.3 is 14.3 Å². The van der Waals surface area contributed by atoms with Crippen LogP contribution in [0.15, 0.2) is 105 Å². The van der Waals surface area contributed by atoms with Crippen LogP contribution in [0.1, 0.15) is 44.8 Å². The largest absolute Gasteiger partial charge is 0.459 e.